The van der Waals surface area contributed by atoms with Crippen LogP contribution in [0.3, 0.4) is 0 Å². The molecule has 0 aromatic rings. The van der Waals surface area contributed by atoms with Gasteiger partial charge in [-0.2, -0.15) is 0 Å². The number of rotatable bonds is 22. The molecule has 0 aliphatic rings. The molecule has 0 heterocycles. The lowest BCUT2D eigenvalue weighted by atomic mass is 10.2. The van der Waals surface area contributed by atoms with Gasteiger partial charge >= 0.3 is 0 Å². The predicted octanol–water partition coefficient (Wildman–Crippen LogP) is 7.11. The van der Waals surface area contributed by atoms with E-state index in [2.05, 4.69) is 27.7 Å². The van der Waals surface area contributed by atoms with Crippen LogP contribution >= 0.6 is 7.26 Å². The molecule has 0 fully saturated rings. The highest BCUT2D eigenvalue weighted by molar-refractivity contribution is 7.75. The number of hydrogen-bond acceptors (Lipinski definition) is 0. The van der Waals surface area contributed by atoms with Gasteiger partial charge in [0.05, 0.1) is 24.6 Å². The number of unbranched alkanes of at least 4 members (excludes halogenated alkanes) is 14. The summed E-state index contributed by atoms with van der Waals surface area (Å²) in [4.78, 5) is 0. The molecule has 0 radical (unpaired) electrons. The molecule has 0 saturated heterocycles. The van der Waals surface area contributed by atoms with Gasteiger partial charge in [-0.05, 0) is 51.4 Å². The lowest BCUT2D eigenvalue weighted by molar-refractivity contribution is -0.00000624. The summed E-state index contributed by atoms with van der Waals surface area (Å²) < 4.78 is 0. The molecule has 0 nitrogen and oxygen atoms in total. The van der Waals surface area contributed by atoms with Gasteiger partial charge in [-0.3, -0.25) is 0 Å². The summed E-state index contributed by atoms with van der Waals surface area (Å²) in [5.41, 5.74) is 0. The number of halogens is 1. The quantitative estimate of drug-likeness (QED) is 0.0801. The second-order valence-electron chi connectivity index (χ2n) is 9.19. The Morgan fingerprint density at radius 3 is 0.786 bits per heavy atom. The molecule has 0 unspecified atom stereocenters. The third-order valence-corrected chi connectivity index (χ3v) is 11.5. The molecule has 0 amide bonds. The molecular formula is C26H56IP. The highest BCUT2D eigenvalue weighted by Gasteiger charge is 2.34. The predicted molar refractivity (Wildman–Crippen MR) is 132 cm³/mol. The first-order valence-corrected chi connectivity index (χ1v) is 15.6. The highest BCUT2D eigenvalue weighted by Crippen LogP contribution is 2.61. The van der Waals surface area contributed by atoms with Crippen molar-refractivity contribution in [2.24, 2.45) is 0 Å². The van der Waals surface area contributed by atoms with E-state index in [-0.39, 0.29) is 24.0 Å². The van der Waals surface area contributed by atoms with Crippen LogP contribution in [-0.4, -0.2) is 24.6 Å². The average Bonchev–Trinajstić information content (AvgIpc) is 2.68. The lowest BCUT2D eigenvalue weighted by Gasteiger charge is -2.28. The smallest absolute Gasteiger partial charge is 0.0594 e. The Morgan fingerprint density at radius 1 is 0.321 bits per heavy atom. The van der Waals surface area contributed by atoms with Crippen LogP contribution in [0.1, 0.15) is 143 Å². The zero-order chi connectivity index (χ0) is 20.1. The molecule has 0 aliphatic carbocycles. The van der Waals surface area contributed by atoms with Crippen LogP contribution in [0.25, 0.3) is 0 Å². The monoisotopic (exact) mass is 526 g/mol. The Bertz CT molecular complexity index is 252. The summed E-state index contributed by atoms with van der Waals surface area (Å²) in [5, 5.41) is 0. The average molecular weight is 527 g/mol. The molecule has 0 aromatic heterocycles. The maximum absolute atomic E-state index is 2.36. The van der Waals surface area contributed by atoms with Crippen molar-refractivity contribution < 1.29 is 24.0 Å². The van der Waals surface area contributed by atoms with Crippen molar-refractivity contribution in [2.45, 2.75) is 143 Å². The summed E-state index contributed by atoms with van der Waals surface area (Å²) in [5.74, 6) is 0. The van der Waals surface area contributed by atoms with Crippen LogP contribution in [-0.2, 0) is 0 Å². The molecule has 172 valence electrons. The van der Waals surface area contributed by atoms with E-state index in [0.29, 0.717) is 0 Å². The van der Waals surface area contributed by atoms with Crippen LogP contribution in [0.2, 0.25) is 0 Å². The van der Waals surface area contributed by atoms with Crippen LogP contribution in [0.5, 0.6) is 0 Å². The van der Waals surface area contributed by atoms with E-state index in [1.165, 1.54) is 89.9 Å². The Kier molecular flexibility index (Phi) is 27.3. The molecule has 0 rings (SSSR count). The van der Waals surface area contributed by atoms with E-state index in [4.69, 9.17) is 0 Å². The van der Waals surface area contributed by atoms with E-state index in [0.717, 1.165) is 0 Å². The van der Waals surface area contributed by atoms with Gasteiger partial charge in [0.2, 0.25) is 0 Å². The Hall–Kier alpha value is 1.16. The van der Waals surface area contributed by atoms with Gasteiger partial charge in [0, 0.05) is 7.26 Å². The summed E-state index contributed by atoms with van der Waals surface area (Å²) >= 11 is 0. The molecule has 0 bridgehead atoms. The first-order valence-electron chi connectivity index (χ1n) is 13.1. The van der Waals surface area contributed by atoms with Gasteiger partial charge in [0.15, 0.2) is 0 Å². The van der Waals surface area contributed by atoms with Crippen molar-refractivity contribution >= 4 is 7.26 Å². The number of hydrogen-bond donors (Lipinski definition) is 0. The van der Waals surface area contributed by atoms with Crippen molar-refractivity contribution in [3.63, 3.8) is 0 Å². The normalized spacial score (nSPS) is 11.6. The van der Waals surface area contributed by atoms with E-state index in [1.807, 2.05) is 0 Å². The maximum Gasteiger partial charge on any atom is 0.0594 e. The molecule has 0 aromatic carbocycles. The van der Waals surface area contributed by atoms with Gasteiger partial charge in [-0.15, -0.1) is 0 Å². The first kappa shape index (κ1) is 31.3. The third-order valence-electron chi connectivity index (χ3n) is 6.44. The summed E-state index contributed by atoms with van der Waals surface area (Å²) in [7, 11) is -0.674. The topological polar surface area (TPSA) is 0 Å². The molecule has 0 atom stereocenters. The fourth-order valence-corrected chi connectivity index (χ4v) is 9.44. The highest BCUT2D eigenvalue weighted by atomic mass is 127. The zero-order valence-corrected chi connectivity index (χ0v) is 23.4. The van der Waals surface area contributed by atoms with Crippen molar-refractivity contribution in [1.82, 2.24) is 0 Å². The van der Waals surface area contributed by atoms with Crippen LogP contribution in [0.15, 0.2) is 0 Å². The standard InChI is InChI=1S/C26H56P.HI/c1-5-9-13-17-21-25-27(23-19-15-11-7-3,24-20-16-12-8-4)26-22-18-14-10-6-2;/h5-26H2,1-4H3;1H/q+1;/p-1. The van der Waals surface area contributed by atoms with Crippen molar-refractivity contribution in [3.05, 3.63) is 0 Å². The maximum atomic E-state index is 2.36. The van der Waals surface area contributed by atoms with Gasteiger partial charge < -0.3 is 24.0 Å². The van der Waals surface area contributed by atoms with Gasteiger partial charge in [-0.25, -0.2) is 0 Å². The largest absolute Gasteiger partial charge is 1.00 e. The SMILES string of the molecule is CCCCCCC[P+](CCCCCC)(CCCCCC)CCCCCCC.[I-]. The molecule has 0 spiro atoms. The van der Waals surface area contributed by atoms with E-state index >= 15 is 0 Å². The summed E-state index contributed by atoms with van der Waals surface area (Å²) in [6.45, 7) is 9.40. The Balaban J connectivity index is 0. The molecule has 0 N–H and O–H groups in total. The van der Waals surface area contributed by atoms with Crippen molar-refractivity contribution in [2.75, 3.05) is 24.6 Å². The Labute approximate surface area is 198 Å². The summed E-state index contributed by atoms with van der Waals surface area (Å²) in [6, 6.07) is 0. The fourth-order valence-electron chi connectivity index (χ4n) is 4.52. The zero-order valence-electron chi connectivity index (χ0n) is 20.4. The minimum absolute atomic E-state index is 0. The first-order chi connectivity index (χ1) is 13.2. The Morgan fingerprint density at radius 2 is 0.536 bits per heavy atom. The van der Waals surface area contributed by atoms with Gasteiger partial charge in [-0.1, -0.05) is 91.9 Å². The van der Waals surface area contributed by atoms with Gasteiger partial charge in [0.1, 0.15) is 0 Å². The molecule has 0 saturated carbocycles. The van der Waals surface area contributed by atoms with Crippen LogP contribution < -0.4 is 24.0 Å². The van der Waals surface area contributed by atoms with E-state index < -0.39 is 7.26 Å². The molecule has 28 heavy (non-hydrogen) atoms. The van der Waals surface area contributed by atoms with Gasteiger partial charge in [0.25, 0.3) is 0 Å². The van der Waals surface area contributed by atoms with E-state index in [1.54, 1.807) is 50.3 Å². The molecule has 0 aliphatic heterocycles. The second-order valence-corrected chi connectivity index (χ2v) is 13.7. The van der Waals surface area contributed by atoms with Crippen molar-refractivity contribution in [1.29, 1.82) is 0 Å². The summed E-state index contributed by atoms with van der Waals surface area (Å²) in [6.07, 6.45) is 33.1. The minimum atomic E-state index is -0.674. The minimum Gasteiger partial charge on any atom is -1.00 e. The fraction of sp³-hybridized carbons (Fsp3) is 1.00. The third kappa shape index (κ3) is 19.1. The van der Waals surface area contributed by atoms with Crippen LogP contribution in [0.4, 0.5) is 0 Å². The van der Waals surface area contributed by atoms with Crippen LogP contribution in [0, 0.1) is 0 Å². The lowest BCUT2D eigenvalue weighted by Crippen LogP contribution is -3.00. The van der Waals surface area contributed by atoms with E-state index in [9.17, 15) is 0 Å². The second kappa shape index (κ2) is 24.4. The molecule has 2 heteroatoms. The van der Waals surface area contributed by atoms with Crippen molar-refractivity contribution in [3.8, 4) is 0 Å². The molecular weight excluding hydrogens is 470 g/mol.